The summed E-state index contributed by atoms with van der Waals surface area (Å²) >= 11 is 0. The molecule has 4 heteroatoms. The van der Waals surface area contributed by atoms with E-state index >= 15 is 0 Å². The average Bonchev–Trinajstić information content (AvgIpc) is 2.60. The predicted octanol–water partition coefficient (Wildman–Crippen LogP) is 4.32. The molecule has 0 saturated heterocycles. The number of hydrogen-bond acceptors (Lipinski definition) is 4. The van der Waals surface area contributed by atoms with Crippen LogP contribution in [0, 0.1) is 0 Å². The van der Waals surface area contributed by atoms with Crippen molar-refractivity contribution in [1.29, 1.82) is 0 Å². The van der Waals surface area contributed by atoms with E-state index in [-0.39, 0.29) is 0 Å². The lowest BCUT2D eigenvalue weighted by atomic mass is 10.0. The highest BCUT2D eigenvalue weighted by molar-refractivity contribution is 5.97. The van der Waals surface area contributed by atoms with Crippen molar-refractivity contribution in [3.63, 3.8) is 0 Å². The van der Waals surface area contributed by atoms with E-state index in [1.807, 2.05) is 49.4 Å². The normalized spacial score (nSPS) is 10.6. The predicted molar refractivity (Wildman–Crippen MR) is 91.5 cm³/mol. The van der Waals surface area contributed by atoms with Gasteiger partial charge in [0.2, 0.25) is 0 Å². The van der Waals surface area contributed by atoms with Crippen LogP contribution in [0.3, 0.4) is 0 Å². The molecule has 0 fully saturated rings. The Morgan fingerprint density at radius 1 is 0.913 bits per heavy atom. The van der Waals surface area contributed by atoms with Gasteiger partial charge in [-0.3, -0.25) is 4.98 Å². The molecule has 118 valence electrons. The molecule has 0 radical (unpaired) electrons. The zero-order chi connectivity index (χ0) is 16.2. The van der Waals surface area contributed by atoms with E-state index in [0.29, 0.717) is 18.1 Å². The fourth-order valence-electron chi connectivity index (χ4n) is 2.66. The van der Waals surface area contributed by atoms with E-state index in [1.165, 1.54) is 0 Å². The number of fused-ring (bicyclic) bond motifs is 1. The molecule has 0 aliphatic rings. The molecule has 0 saturated carbocycles. The number of methoxy groups -OCH3 is 2. The van der Waals surface area contributed by atoms with E-state index in [1.54, 1.807) is 20.4 Å². The highest BCUT2D eigenvalue weighted by atomic mass is 16.5. The molecular weight excluding hydrogens is 290 g/mol. The number of ether oxygens (including phenoxy) is 3. The SMILES string of the molecule is CCOc1ccccc1-c1nccc2cc(OC)c(OC)cc12. The summed E-state index contributed by atoms with van der Waals surface area (Å²) in [6, 6.07) is 13.8. The van der Waals surface area contributed by atoms with Gasteiger partial charge in [-0.2, -0.15) is 0 Å². The van der Waals surface area contributed by atoms with Crippen LogP contribution in [0.1, 0.15) is 6.92 Å². The van der Waals surface area contributed by atoms with Gasteiger partial charge >= 0.3 is 0 Å². The van der Waals surface area contributed by atoms with Gasteiger partial charge in [0.15, 0.2) is 11.5 Å². The smallest absolute Gasteiger partial charge is 0.161 e. The Kier molecular flexibility index (Phi) is 4.33. The number of aromatic nitrogens is 1. The standard InChI is InChI=1S/C19H19NO3/c1-4-23-16-8-6-5-7-14(16)19-15-12-18(22-3)17(21-2)11-13(15)9-10-20-19/h5-12H,4H2,1-3H3. The summed E-state index contributed by atoms with van der Waals surface area (Å²) in [5.41, 5.74) is 1.83. The van der Waals surface area contributed by atoms with Gasteiger partial charge in [-0.05, 0) is 42.6 Å². The van der Waals surface area contributed by atoms with Crippen molar-refractivity contribution >= 4 is 10.8 Å². The molecule has 1 heterocycles. The van der Waals surface area contributed by atoms with E-state index in [9.17, 15) is 0 Å². The van der Waals surface area contributed by atoms with Crippen LogP contribution in [0.25, 0.3) is 22.0 Å². The fraction of sp³-hybridized carbons (Fsp3) is 0.211. The highest BCUT2D eigenvalue weighted by Crippen LogP contribution is 2.38. The largest absolute Gasteiger partial charge is 0.493 e. The summed E-state index contributed by atoms with van der Waals surface area (Å²) in [6.07, 6.45) is 1.80. The molecule has 0 atom stereocenters. The average molecular weight is 309 g/mol. The summed E-state index contributed by atoms with van der Waals surface area (Å²) in [5.74, 6) is 2.21. The maximum Gasteiger partial charge on any atom is 0.161 e. The third-order valence-corrected chi connectivity index (χ3v) is 3.71. The Morgan fingerprint density at radius 2 is 1.65 bits per heavy atom. The second-order valence-electron chi connectivity index (χ2n) is 5.02. The number of benzene rings is 2. The molecule has 1 aromatic heterocycles. The maximum absolute atomic E-state index is 5.75. The van der Waals surface area contributed by atoms with Gasteiger partial charge in [0.1, 0.15) is 5.75 Å². The lowest BCUT2D eigenvalue weighted by Crippen LogP contribution is -1.96. The Labute approximate surface area is 135 Å². The third-order valence-electron chi connectivity index (χ3n) is 3.71. The quantitative estimate of drug-likeness (QED) is 0.704. The minimum absolute atomic E-state index is 0.610. The van der Waals surface area contributed by atoms with Crippen molar-refractivity contribution in [1.82, 2.24) is 4.98 Å². The molecule has 0 bridgehead atoms. The molecule has 3 aromatic rings. The monoisotopic (exact) mass is 309 g/mol. The maximum atomic E-state index is 5.75. The Bertz CT molecular complexity index is 830. The minimum Gasteiger partial charge on any atom is -0.493 e. The van der Waals surface area contributed by atoms with E-state index in [2.05, 4.69) is 4.98 Å². The first-order valence-electron chi connectivity index (χ1n) is 7.51. The summed E-state index contributed by atoms with van der Waals surface area (Å²) in [7, 11) is 3.27. The molecule has 2 aromatic carbocycles. The van der Waals surface area contributed by atoms with Crippen molar-refractivity contribution in [2.75, 3.05) is 20.8 Å². The van der Waals surface area contributed by atoms with Crippen molar-refractivity contribution in [3.8, 4) is 28.5 Å². The van der Waals surface area contributed by atoms with Crippen LogP contribution in [-0.2, 0) is 0 Å². The number of rotatable bonds is 5. The van der Waals surface area contributed by atoms with Crippen LogP contribution in [0.2, 0.25) is 0 Å². The van der Waals surface area contributed by atoms with Crippen molar-refractivity contribution in [3.05, 3.63) is 48.7 Å². The van der Waals surface area contributed by atoms with Gasteiger partial charge < -0.3 is 14.2 Å². The lowest BCUT2D eigenvalue weighted by molar-refractivity contribution is 0.341. The second-order valence-corrected chi connectivity index (χ2v) is 5.02. The Hall–Kier alpha value is -2.75. The molecule has 0 amide bonds. The van der Waals surface area contributed by atoms with Gasteiger partial charge in [0.25, 0.3) is 0 Å². The zero-order valence-electron chi connectivity index (χ0n) is 13.5. The van der Waals surface area contributed by atoms with E-state index in [0.717, 1.165) is 27.8 Å². The van der Waals surface area contributed by atoms with Crippen LogP contribution < -0.4 is 14.2 Å². The first-order valence-corrected chi connectivity index (χ1v) is 7.51. The van der Waals surface area contributed by atoms with Gasteiger partial charge in [-0.25, -0.2) is 0 Å². The van der Waals surface area contributed by atoms with Crippen LogP contribution in [0.15, 0.2) is 48.7 Å². The first kappa shape index (κ1) is 15.2. The topological polar surface area (TPSA) is 40.6 Å². The Morgan fingerprint density at radius 3 is 2.39 bits per heavy atom. The third kappa shape index (κ3) is 2.80. The summed E-state index contributed by atoms with van der Waals surface area (Å²) in [5, 5.41) is 2.04. The van der Waals surface area contributed by atoms with Crippen LogP contribution in [0.4, 0.5) is 0 Å². The molecule has 0 unspecified atom stereocenters. The zero-order valence-corrected chi connectivity index (χ0v) is 13.5. The number of pyridine rings is 1. The van der Waals surface area contributed by atoms with Crippen molar-refractivity contribution in [2.45, 2.75) is 6.92 Å². The van der Waals surface area contributed by atoms with Gasteiger partial charge in [0.05, 0.1) is 26.5 Å². The highest BCUT2D eigenvalue weighted by Gasteiger charge is 2.14. The molecule has 4 nitrogen and oxygen atoms in total. The molecule has 0 N–H and O–H groups in total. The van der Waals surface area contributed by atoms with Crippen LogP contribution >= 0.6 is 0 Å². The minimum atomic E-state index is 0.610. The van der Waals surface area contributed by atoms with E-state index in [4.69, 9.17) is 14.2 Å². The molecule has 0 spiro atoms. The van der Waals surface area contributed by atoms with Gasteiger partial charge in [0, 0.05) is 17.1 Å². The summed E-state index contributed by atoms with van der Waals surface area (Å²) < 4.78 is 16.6. The van der Waals surface area contributed by atoms with Crippen molar-refractivity contribution in [2.24, 2.45) is 0 Å². The fourth-order valence-corrected chi connectivity index (χ4v) is 2.66. The number of nitrogens with zero attached hydrogens (tertiary/aromatic N) is 1. The molecule has 0 aliphatic heterocycles. The summed E-state index contributed by atoms with van der Waals surface area (Å²) in [6.45, 7) is 2.58. The second kappa shape index (κ2) is 6.57. The molecule has 3 rings (SSSR count). The van der Waals surface area contributed by atoms with Gasteiger partial charge in [-0.15, -0.1) is 0 Å². The molecular formula is C19H19NO3. The molecule has 0 aliphatic carbocycles. The number of hydrogen-bond donors (Lipinski definition) is 0. The van der Waals surface area contributed by atoms with Crippen molar-refractivity contribution < 1.29 is 14.2 Å². The van der Waals surface area contributed by atoms with E-state index < -0.39 is 0 Å². The number of para-hydroxylation sites is 1. The Balaban J connectivity index is 2.26. The lowest BCUT2D eigenvalue weighted by Gasteiger charge is -2.14. The first-order chi connectivity index (χ1) is 11.3. The molecule has 23 heavy (non-hydrogen) atoms. The summed E-state index contributed by atoms with van der Waals surface area (Å²) in [4.78, 5) is 4.57. The van der Waals surface area contributed by atoms with Crippen LogP contribution in [0.5, 0.6) is 17.2 Å². The van der Waals surface area contributed by atoms with Crippen LogP contribution in [-0.4, -0.2) is 25.8 Å². The van der Waals surface area contributed by atoms with Gasteiger partial charge in [-0.1, -0.05) is 12.1 Å².